The van der Waals surface area contributed by atoms with Crippen molar-refractivity contribution >= 4 is 17.5 Å². The lowest BCUT2D eigenvalue weighted by molar-refractivity contribution is -0.137. The number of carbonyl (C=O) groups is 2. The Kier molecular flexibility index (Phi) is 4.21. The van der Waals surface area contributed by atoms with Gasteiger partial charge in [-0.2, -0.15) is 5.10 Å². The topological polar surface area (TPSA) is 87.8 Å². The molecule has 0 bridgehead atoms. The molecule has 7 nitrogen and oxygen atoms in total. The molecule has 0 spiro atoms. The maximum absolute atomic E-state index is 12.6. The van der Waals surface area contributed by atoms with Crippen LogP contribution >= 0.6 is 0 Å². The zero-order valence-corrected chi connectivity index (χ0v) is 12.3. The van der Waals surface area contributed by atoms with Crippen LogP contribution in [0.5, 0.6) is 0 Å². The first kappa shape index (κ1) is 15.0. The summed E-state index contributed by atoms with van der Waals surface area (Å²) in [5, 5.41) is 13.1. The van der Waals surface area contributed by atoms with Crippen LogP contribution in [0.1, 0.15) is 29.9 Å². The largest absolute Gasteiger partial charge is 0.480 e. The number of fused-ring (bicyclic) bond motifs is 1. The molecule has 0 aliphatic rings. The van der Waals surface area contributed by atoms with E-state index in [9.17, 15) is 9.59 Å². The average Bonchev–Trinajstić information content (AvgIpc) is 2.78. The zero-order valence-electron chi connectivity index (χ0n) is 12.3. The molecule has 0 radical (unpaired) electrons. The molecule has 112 valence electrons. The second-order valence-electron chi connectivity index (χ2n) is 5.37. The van der Waals surface area contributed by atoms with Crippen LogP contribution in [0, 0.1) is 12.8 Å². The van der Waals surface area contributed by atoms with Gasteiger partial charge in [-0.05, 0) is 18.9 Å². The molecule has 0 fully saturated rings. The van der Waals surface area contributed by atoms with E-state index < -0.39 is 5.97 Å². The van der Waals surface area contributed by atoms with E-state index in [0.29, 0.717) is 17.8 Å². The lowest BCUT2D eigenvalue weighted by Gasteiger charge is -2.22. The number of aliphatic carboxylic acids is 1. The molecule has 21 heavy (non-hydrogen) atoms. The Labute approximate surface area is 122 Å². The summed E-state index contributed by atoms with van der Waals surface area (Å²) in [5.74, 6) is -1.23. The summed E-state index contributed by atoms with van der Waals surface area (Å²) in [6.45, 7) is 5.72. The minimum Gasteiger partial charge on any atom is -0.480 e. The van der Waals surface area contributed by atoms with Crippen molar-refractivity contribution in [3.63, 3.8) is 0 Å². The number of carboxylic acids is 1. The fourth-order valence-corrected chi connectivity index (χ4v) is 2.10. The van der Waals surface area contributed by atoms with E-state index in [2.05, 4.69) is 10.1 Å². The number of amides is 1. The summed E-state index contributed by atoms with van der Waals surface area (Å²) >= 11 is 0. The third kappa shape index (κ3) is 3.36. The van der Waals surface area contributed by atoms with Crippen molar-refractivity contribution in [3.05, 3.63) is 29.7 Å². The highest BCUT2D eigenvalue weighted by Gasteiger charge is 2.23. The molecular weight excluding hydrogens is 272 g/mol. The van der Waals surface area contributed by atoms with Gasteiger partial charge < -0.3 is 10.0 Å². The van der Waals surface area contributed by atoms with Gasteiger partial charge in [0.25, 0.3) is 5.91 Å². The molecule has 0 saturated heterocycles. The van der Waals surface area contributed by atoms with Gasteiger partial charge in [0.1, 0.15) is 12.1 Å². The standard InChI is InChI=1S/C14H18N4O3/c1-9(2)7-17(8-12(19)20)14(21)11-6-15-18-5-4-10(3)16-13(11)18/h4-6,9H,7-8H2,1-3H3,(H,19,20). The second kappa shape index (κ2) is 5.90. The third-order valence-corrected chi connectivity index (χ3v) is 2.94. The fraction of sp³-hybridized carbons (Fsp3) is 0.429. The first-order valence-corrected chi connectivity index (χ1v) is 6.70. The number of carboxylic acid groups (broad SMARTS) is 1. The third-order valence-electron chi connectivity index (χ3n) is 2.94. The molecule has 2 heterocycles. The van der Waals surface area contributed by atoms with Crippen molar-refractivity contribution in [1.82, 2.24) is 19.5 Å². The van der Waals surface area contributed by atoms with Crippen LogP contribution in [-0.2, 0) is 4.79 Å². The molecule has 0 aliphatic carbocycles. The number of hydrogen-bond donors (Lipinski definition) is 1. The SMILES string of the molecule is Cc1ccn2ncc(C(=O)N(CC(=O)O)CC(C)C)c2n1. The molecule has 0 unspecified atom stereocenters. The predicted molar refractivity (Wildman–Crippen MR) is 76.1 cm³/mol. The van der Waals surface area contributed by atoms with Crippen molar-refractivity contribution in [3.8, 4) is 0 Å². The van der Waals surface area contributed by atoms with Crippen LogP contribution in [0.3, 0.4) is 0 Å². The molecule has 0 saturated carbocycles. The number of nitrogens with zero attached hydrogens (tertiary/aromatic N) is 4. The van der Waals surface area contributed by atoms with Crippen molar-refractivity contribution < 1.29 is 14.7 Å². The van der Waals surface area contributed by atoms with Crippen LogP contribution in [0.15, 0.2) is 18.5 Å². The smallest absolute Gasteiger partial charge is 0.323 e. The molecule has 0 aromatic carbocycles. The molecular formula is C14H18N4O3. The highest BCUT2D eigenvalue weighted by molar-refractivity contribution is 6.00. The van der Waals surface area contributed by atoms with Gasteiger partial charge >= 0.3 is 5.97 Å². The second-order valence-corrected chi connectivity index (χ2v) is 5.37. The molecule has 2 aromatic heterocycles. The first-order chi connectivity index (χ1) is 9.88. The predicted octanol–water partition coefficient (Wildman–Crippen LogP) is 1.22. The van der Waals surface area contributed by atoms with Gasteiger partial charge in [-0.25, -0.2) is 9.50 Å². The summed E-state index contributed by atoms with van der Waals surface area (Å²) in [6.07, 6.45) is 3.15. The molecule has 7 heteroatoms. The molecule has 1 amide bonds. The van der Waals surface area contributed by atoms with Crippen molar-refractivity contribution in [2.75, 3.05) is 13.1 Å². The van der Waals surface area contributed by atoms with Gasteiger partial charge in [-0.1, -0.05) is 13.8 Å². The maximum atomic E-state index is 12.6. The van der Waals surface area contributed by atoms with Crippen LogP contribution in [0.25, 0.3) is 5.65 Å². The number of hydrogen-bond acceptors (Lipinski definition) is 4. The monoisotopic (exact) mass is 290 g/mol. The van der Waals surface area contributed by atoms with Gasteiger partial charge in [0.15, 0.2) is 5.65 Å². The average molecular weight is 290 g/mol. The van der Waals surface area contributed by atoms with E-state index in [-0.39, 0.29) is 18.4 Å². The number of carbonyl (C=O) groups excluding carboxylic acids is 1. The van der Waals surface area contributed by atoms with Crippen LogP contribution in [-0.4, -0.2) is 49.6 Å². The number of aromatic nitrogens is 3. The van der Waals surface area contributed by atoms with Gasteiger partial charge in [0.2, 0.25) is 0 Å². The van der Waals surface area contributed by atoms with Crippen molar-refractivity contribution in [1.29, 1.82) is 0 Å². The first-order valence-electron chi connectivity index (χ1n) is 6.70. The minimum absolute atomic E-state index is 0.171. The summed E-state index contributed by atoms with van der Waals surface area (Å²) in [7, 11) is 0. The van der Waals surface area contributed by atoms with Crippen LogP contribution in [0.4, 0.5) is 0 Å². The summed E-state index contributed by atoms with van der Waals surface area (Å²) in [5.41, 5.74) is 1.53. The van der Waals surface area contributed by atoms with Gasteiger partial charge in [-0.15, -0.1) is 0 Å². The van der Waals surface area contributed by atoms with Crippen molar-refractivity contribution in [2.24, 2.45) is 5.92 Å². The van der Waals surface area contributed by atoms with E-state index in [4.69, 9.17) is 5.11 Å². The summed E-state index contributed by atoms with van der Waals surface area (Å²) in [6, 6.07) is 1.79. The minimum atomic E-state index is -1.04. The molecule has 2 aromatic rings. The summed E-state index contributed by atoms with van der Waals surface area (Å²) < 4.78 is 1.51. The molecule has 2 rings (SSSR count). The molecule has 1 N–H and O–H groups in total. The van der Waals surface area contributed by atoms with Crippen molar-refractivity contribution in [2.45, 2.75) is 20.8 Å². The Morgan fingerprint density at radius 2 is 2.14 bits per heavy atom. The lowest BCUT2D eigenvalue weighted by atomic mass is 10.2. The van der Waals surface area contributed by atoms with E-state index in [0.717, 1.165) is 5.69 Å². The number of aryl methyl sites for hydroxylation is 1. The highest BCUT2D eigenvalue weighted by Crippen LogP contribution is 2.13. The van der Waals surface area contributed by atoms with Gasteiger partial charge in [0.05, 0.1) is 6.20 Å². The van der Waals surface area contributed by atoms with E-state index >= 15 is 0 Å². The molecule has 0 aliphatic heterocycles. The van der Waals surface area contributed by atoms with E-state index in [1.54, 1.807) is 12.3 Å². The Morgan fingerprint density at radius 1 is 1.43 bits per heavy atom. The summed E-state index contributed by atoms with van der Waals surface area (Å²) in [4.78, 5) is 29.1. The lowest BCUT2D eigenvalue weighted by Crippen LogP contribution is -2.38. The maximum Gasteiger partial charge on any atom is 0.323 e. The van der Waals surface area contributed by atoms with Crippen LogP contribution in [0.2, 0.25) is 0 Å². The Bertz CT molecular complexity index is 678. The number of rotatable bonds is 5. The van der Waals surface area contributed by atoms with Gasteiger partial charge in [0, 0.05) is 18.4 Å². The Hall–Kier alpha value is -2.44. The van der Waals surface area contributed by atoms with Gasteiger partial charge in [-0.3, -0.25) is 9.59 Å². The Balaban J connectivity index is 2.37. The van der Waals surface area contributed by atoms with E-state index in [1.165, 1.54) is 15.6 Å². The quantitative estimate of drug-likeness (QED) is 0.894. The zero-order chi connectivity index (χ0) is 15.6. The van der Waals surface area contributed by atoms with E-state index in [1.807, 2.05) is 20.8 Å². The normalized spacial score (nSPS) is 11.0. The van der Waals surface area contributed by atoms with Crippen LogP contribution < -0.4 is 0 Å². The Morgan fingerprint density at radius 3 is 2.76 bits per heavy atom. The highest BCUT2D eigenvalue weighted by atomic mass is 16.4. The molecule has 0 atom stereocenters. The fourth-order valence-electron chi connectivity index (χ4n) is 2.10.